The molecule has 2 aliphatic rings. The molecule has 8 heteroatoms. The lowest BCUT2D eigenvalue weighted by molar-refractivity contribution is -0.125. The van der Waals surface area contributed by atoms with Crippen LogP contribution in [0.3, 0.4) is 0 Å². The summed E-state index contributed by atoms with van der Waals surface area (Å²) < 4.78 is 5.90. The van der Waals surface area contributed by atoms with Crippen molar-refractivity contribution >= 4 is 17.5 Å². The molecule has 1 amide bonds. The standard InChI is InChI=1S/C21H28N6O2/c28-20(25-16-5-2-1-3-6-16)15-27-11-12-29-19(14-27)18-8-7-17(13-24-18)26-21-22-9-4-10-23-21/h4,7-10,13,16,19H,1-3,5-6,11-12,14-15H2,(H,25,28)(H,22,23,26). The Morgan fingerprint density at radius 3 is 2.72 bits per heavy atom. The van der Waals surface area contributed by atoms with E-state index in [4.69, 9.17) is 4.74 Å². The van der Waals surface area contributed by atoms with Crippen LogP contribution in [-0.4, -0.2) is 58.0 Å². The average molecular weight is 396 g/mol. The number of rotatable bonds is 6. The zero-order valence-electron chi connectivity index (χ0n) is 16.6. The monoisotopic (exact) mass is 396 g/mol. The number of ether oxygens (including phenoxy) is 1. The molecule has 4 rings (SSSR count). The van der Waals surface area contributed by atoms with Gasteiger partial charge in [-0.25, -0.2) is 9.97 Å². The van der Waals surface area contributed by atoms with Crippen LogP contribution < -0.4 is 10.6 Å². The number of morpholine rings is 1. The van der Waals surface area contributed by atoms with Gasteiger partial charge in [-0.05, 0) is 31.0 Å². The van der Waals surface area contributed by atoms with Crippen LogP contribution in [-0.2, 0) is 9.53 Å². The Morgan fingerprint density at radius 1 is 1.14 bits per heavy atom. The molecule has 3 heterocycles. The summed E-state index contributed by atoms with van der Waals surface area (Å²) in [6, 6.07) is 6.01. The van der Waals surface area contributed by atoms with Gasteiger partial charge in [0.25, 0.3) is 0 Å². The van der Waals surface area contributed by atoms with Gasteiger partial charge in [-0.1, -0.05) is 19.3 Å². The number of anilines is 2. The second-order valence-corrected chi connectivity index (χ2v) is 7.67. The van der Waals surface area contributed by atoms with E-state index in [-0.39, 0.29) is 12.0 Å². The van der Waals surface area contributed by atoms with Gasteiger partial charge in [0.15, 0.2) is 0 Å². The summed E-state index contributed by atoms with van der Waals surface area (Å²) in [6.07, 6.45) is 10.9. The first kappa shape index (κ1) is 19.7. The Morgan fingerprint density at radius 2 is 1.97 bits per heavy atom. The summed E-state index contributed by atoms with van der Waals surface area (Å²) in [7, 11) is 0. The third-order valence-electron chi connectivity index (χ3n) is 5.43. The molecule has 0 aromatic carbocycles. The number of hydrogen-bond donors (Lipinski definition) is 2. The minimum Gasteiger partial charge on any atom is -0.369 e. The van der Waals surface area contributed by atoms with Crippen molar-refractivity contribution in [2.24, 2.45) is 0 Å². The van der Waals surface area contributed by atoms with Crippen molar-refractivity contribution < 1.29 is 9.53 Å². The molecule has 29 heavy (non-hydrogen) atoms. The highest BCUT2D eigenvalue weighted by atomic mass is 16.5. The molecule has 1 aliphatic heterocycles. The fourth-order valence-corrected chi connectivity index (χ4v) is 3.91. The smallest absolute Gasteiger partial charge is 0.234 e. The van der Waals surface area contributed by atoms with Gasteiger partial charge in [-0.15, -0.1) is 0 Å². The van der Waals surface area contributed by atoms with Gasteiger partial charge in [-0.3, -0.25) is 14.7 Å². The lowest BCUT2D eigenvalue weighted by atomic mass is 9.95. The van der Waals surface area contributed by atoms with Gasteiger partial charge in [0.1, 0.15) is 6.10 Å². The normalized spacial score (nSPS) is 20.9. The summed E-state index contributed by atoms with van der Waals surface area (Å²) in [5, 5.41) is 6.31. The summed E-state index contributed by atoms with van der Waals surface area (Å²) in [4.78, 5) is 27.4. The van der Waals surface area contributed by atoms with Crippen molar-refractivity contribution in [2.45, 2.75) is 44.2 Å². The Balaban J connectivity index is 1.29. The van der Waals surface area contributed by atoms with E-state index in [9.17, 15) is 4.79 Å². The maximum absolute atomic E-state index is 12.4. The Bertz CT molecular complexity index is 780. The van der Waals surface area contributed by atoms with Crippen LogP contribution in [0.2, 0.25) is 0 Å². The predicted molar refractivity (Wildman–Crippen MR) is 110 cm³/mol. The number of aromatic nitrogens is 3. The highest BCUT2D eigenvalue weighted by Crippen LogP contribution is 2.22. The van der Waals surface area contributed by atoms with E-state index >= 15 is 0 Å². The number of carbonyl (C=O) groups excluding carboxylic acids is 1. The van der Waals surface area contributed by atoms with Crippen LogP contribution in [0.15, 0.2) is 36.8 Å². The first-order valence-corrected chi connectivity index (χ1v) is 10.4. The molecule has 2 N–H and O–H groups in total. The van der Waals surface area contributed by atoms with Crippen LogP contribution in [0, 0.1) is 0 Å². The minimum atomic E-state index is -0.131. The molecule has 1 saturated carbocycles. The lowest BCUT2D eigenvalue weighted by Crippen LogP contribution is -2.46. The molecule has 1 saturated heterocycles. The minimum absolute atomic E-state index is 0.118. The Kier molecular flexibility index (Phi) is 6.63. The van der Waals surface area contributed by atoms with Gasteiger partial charge in [0.05, 0.1) is 30.7 Å². The summed E-state index contributed by atoms with van der Waals surface area (Å²) >= 11 is 0. The molecule has 0 bridgehead atoms. The number of carbonyl (C=O) groups is 1. The molecule has 2 fully saturated rings. The lowest BCUT2D eigenvalue weighted by Gasteiger charge is -2.32. The largest absolute Gasteiger partial charge is 0.369 e. The van der Waals surface area contributed by atoms with Crippen LogP contribution >= 0.6 is 0 Å². The van der Waals surface area contributed by atoms with Gasteiger partial charge in [-0.2, -0.15) is 0 Å². The SMILES string of the molecule is O=C(CN1CCOC(c2ccc(Nc3ncccn3)cn2)C1)NC1CCCCC1. The van der Waals surface area contributed by atoms with E-state index in [1.165, 1.54) is 19.3 Å². The van der Waals surface area contributed by atoms with E-state index in [0.29, 0.717) is 31.7 Å². The van der Waals surface area contributed by atoms with Crippen LogP contribution in [0.4, 0.5) is 11.6 Å². The van der Waals surface area contributed by atoms with Crippen molar-refractivity contribution in [3.05, 3.63) is 42.5 Å². The molecular formula is C21H28N6O2. The van der Waals surface area contributed by atoms with E-state index < -0.39 is 0 Å². The molecule has 1 unspecified atom stereocenters. The maximum atomic E-state index is 12.4. The highest BCUT2D eigenvalue weighted by Gasteiger charge is 2.25. The number of nitrogens with zero attached hydrogens (tertiary/aromatic N) is 4. The maximum Gasteiger partial charge on any atom is 0.234 e. The fourth-order valence-electron chi connectivity index (χ4n) is 3.91. The van der Waals surface area contributed by atoms with E-state index in [2.05, 4.69) is 30.5 Å². The molecule has 0 radical (unpaired) electrons. The number of pyridine rings is 1. The average Bonchev–Trinajstić information content (AvgIpc) is 2.76. The topological polar surface area (TPSA) is 92.3 Å². The Labute approximate surface area is 171 Å². The van der Waals surface area contributed by atoms with Crippen molar-refractivity contribution in [3.63, 3.8) is 0 Å². The molecule has 1 aliphatic carbocycles. The molecule has 154 valence electrons. The first-order valence-electron chi connectivity index (χ1n) is 10.4. The van der Waals surface area contributed by atoms with Crippen LogP contribution in [0.25, 0.3) is 0 Å². The predicted octanol–water partition coefficient (Wildman–Crippen LogP) is 2.44. The number of nitrogens with one attached hydrogen (secondary N) is 2. The first-order chi connectivity index (χ1) is 14.3. The molecule has 0 spiro atoms. The van der Waals surface area contributed by atoms with Crippen LogP contribution in [0.5, 0.6) is 0 Å². The summed E-state index contributed by atoms with van der Waals surface area (Å²) in [5.74, 6) is 0.652. The van der Waals surface area contributed by atoms with Gasteiger partial charge < -0.3 is 15.4 Å². The Hall–Kier alpha value is -2.58. The number of hydrogen-bond acceptors (Lipinski definition) is 7. The molecule has 2 aromatic rings. The fraction of sp³-hybridized carbons (Fsp3) is 0.524. The van der Waals surface area contributed by atoms with E-state index in [1.54, 1.807) is 24.7 Å². The second kappa shape index (κ2) is 9.76. The van der Waals surface area contributed by atoms with Gasteiger partial charge >= 0.3 is 0 Å². The second-order valence-electron chi connectivity index (χ2n) is 7.67. The van der Waals surface area contributed by atoms with E-state index in [1.807, 2.05) is 12.1 Å². The number of amides is 1. The summed E-state index contributed by atoms with van der Waals surface area (Å²) in [6.45, 7) is 2.45. The van der Waals surface area contributed by atoms with Gasteiger partial charge in [0, 0.05) is 31.5 Å². The van der Waals surface area contributed by atoms with Crippen molar-refractivity contribution in [1.29, 1.82) is 0 Å². The van der Waals surface area contributed by atoms with Gasteiger partial charge in [0.2, 0.25) is 11.9 Å². The van der Waals surface area contributed by atoms with Crippen LogP contribution in [0.1, 0.15) is 43.9 Å². The van der Waals surface area contributed by atoms with Crippen molar-refractivity contribution in [1.82, 2.24) is 25.2 Å². The summed E-state index contributed by atoms with van der Waals surface area (Å²) in [5.41, 5.74) is 1.68. The molecule has 2 aromatic heterocycles. The molecule has 8 nitrogen and oxygen atoms in total. The third kappa shape index (κ3) is 5.71. The van der Waals surface area contributed by atoms with Crippen molar-refractivity contribution in [3.8, 4) is 0 Å². The van der Waals surface area contributed by atoms with E-state index in [0.717, 1.165) is 30.8 Å². The highest BCUT2D eigenvalue weighted by molar-refractivity contribution is 5.78. The zero-order chi connectivity index (χ0) is 19.9. The molecule has 1 atom stereocenters. The zero-order valence-corrected chi connectivity index (χ0v) is 16.6. The molecular weight excluding hydrogens is 368 g/mol. The quantitative estimate of drug-likeness (QED) is 0.775. The van der Waals surface area contributed by atoms with Crippen molar-refractivity contribution in [2.75, 3.05) is 31.6 Å². The third-order valence-corrected chi connectivity index (χ3v) is 5.43.